The van der Waals surface area contributed by atoms with Crippen LogP contribution in [0.1, 0.15) is 22.0 Å². The summed E-state index contributed by atoms with van der Waals surface area (Å²) in [4.78, 5) is 18.9. The minimum Gasteiger partial charge on any atom is -0.497 e. The molecular weight excluding hydrogens is 356 g/mol. The van der Waals surface area contributed by atoms with Crippen molar-refractivity contribution in [3.8, 4) is 11.6 Å². The number of nitrogens with zero attached hydrogens (tertiary/aromatic N) is 2. The fourth-order valence-corrected chi connectivity index (χ4v) is 3.49. The lowest BCUT2D eigenvalue weighted by Gasteiger charge is -2.33. The van der Waals surface area contributed by atoms with Gasteiger partial charge in [-0.25, -0.2) is 4.98 Å². The highest BCUT2D eigenvalue weighted by atomic mass is 16.5. The van der Waals surface area contributed by atoms with E-state index >= 15 is 0 Å². The average Bonchev–Trinajstić information content (AvgIpc) is 2.77. The SMILES string of the molecule is COc1ccc2cc([C@@H]3CN(C(=O)c4cccnc4OC)CCO3)ccc2c1. The molecule has 6 nitrogen and oxygen atoms in total. The Kier molecular flexibility index (Phi) is 5.12. The second-order valence-corrected chi connectivity index (χ2v) is 6.64. The molecule has 1 atom stereocenters. The van der Waals surface area contributed by atoms with Crippen LogP contribution in [-0.2, 0) is 4.74 Å². The Labute approximate surface area is 163 Å². The molecule has 1 aliphatic heterocycles. The third-order valence-electron chi connectivity index (χ3n) is 4.99. The van der Waals surface area contributed by atoms with Gasteiger partial charge in [0.2, 0.25) is 5.88 Å². The van der Waals surface area contributed by atoms with Gasteiger partial charge in [0.25, 0.3) is 5.91 Å². The summed E-state index contributed by atoms with van der Waals surface area (Å²) >= 11 is 0. The predicted molar refractivity (Wildman–Crippen MR) is 106 cm³/mol. The minimum atomic E-state index is -0.174. The van der Waals surface area contributed by atoms with Gasteiger partial charge >= 0.3 is 0 Å². The number of aromatic nitrogens is 1. The Morgan fingerprint density at radius 1 is 1.11 bits per heavy atom. The predicted octanol–water partition coefficient (Wildman–Crippen LogP) is 3.47. The number of rotatable bonds is 4. The summed E-state index contributed by atoms with van der Waals surface area (Å²) < 4.78 is 16.5. The highest BCUT2D eigenvalue weighted by Gasteiger charge is 2.28. The van der Waals surface area contributed by atoms with Gasteiger partial charge in [-0.2, -0.15) is 0 Å². The van der Waals surface area contributed by atoms with E-state index in [1.807, 2.05) is 24.3 Å². The van der Waals surface area contributed by atoms with E-state index in [2.05, 4.69) is 17.1 Å². The molecule has 144 valence electrons. The molecule has 4 rings (SSSR count). The number of morpholine rings is 1. The highest BCUT2D eigenvalue weighted by molar-refractivity contribution is 5.96. The normalized spacial score (nSPS) is 16.8. The molecule has 1 aromatic heterocycles. The van der Waals surface area contributed by atoms with Crippen LogP contribution in [0.5, 0.6) is 11.6 Å². The fourth-order valence-electron chi connectivity index (χ4n) is 3.49. The maximum Gasteiger partial charge on any atom is 0.259 e. The third-order valence-corrected chi connectivity index (χ3v) is 4.99. The van der Waals surface area contributed by atoms with Crippen molar-refractivity contribution in [2.45, 2.75) is 6.10 Å². The van der Waals surface area contributed by atoms with Crippen molar-refractivity contribution in [1.82, 2.24) is 9.88 Å². The molecule has 0 unspecified atom stereocenters. The number of methoxy groups -OCH3 is 2. The van der Waals surface area contributed by atoms with Crippen LogP contribution in [0.2, 0.25) is 0 Å². The van der Waals surface area contributed by atoms with Crippen LogP contribution < -0.4 is 9.47 Å². The quantitative estimate of drug-likeness (QED) is 0.696. The molecule has 6 heteroatoms. The number of carbonyl (C=O) groups excluding carboxylic acids is 1. The molecule has 28 heavy (non-hydrogen) atoms. The first-order valence-electron chi connectivity index (χ1n) is 9.17. The molecule has 2 aromatic carbocycles. The summed E-state index contributed by atoms with van der Waals surface area (Å²) in [6.45, 7) is 1.51. The monoisotopic (exact) mass is 378 g/mol. The topological polar surface area (TPSA) is 60.9 Å². The summed E-state index contributed by atoms with van der Waals surface area (Å²) in [6, 6.07) is 15.7. The fraction of sp³-hybridized carbons (Fsp3) is 0.273. The first-order chi connectivity index (χ1) is 13.7. The van der Waals surface area contributed by atoms with Crippen LogP contribution in [0, 0.1) is 0 Å². The van der Waals surface area contributed by atoms with E-state index in [-0.39, 0.29) is 12.0 Å². The Hall–Kier alpha value is -3.12. The van der Waals surface area contributed by atoms with Crippen LogP contribution in [0.4, 0.5) is 0 Å². The van der Waals surface area contributed by atoms with Gasteiger partial charge < -0.3 is 19.1 Å². The van der Waals surface area contributed by atoms with Crippen LogP contribution in [-0.4, -0.2) is 49.7 Å². The number of ether oxygens (including phenoxy) is 3. The van der Waals surface area contributed by atoms with Gasteiger partial charge in [-0.05, 0) is 46.7 Å². The lowest BCUT2D eigenvalue weighted by Crippen LogP contribution is -2.42. The van der Waals surface area contributed by atoms with Crippen molar-refractivity contribution in [3.05, 3.63) is 65.9 Å². The largest absolute Gasteiger partial charge is 0.497 e. The lowest BCUT2D eigenvalue weighted by atomic mass is 10.0. The Morgan fingerprint density at radius 3 is 2.75 bits per heavy atom. The van der Waals surface area contributed by atoms with Gasteiger partial charge in [0.15, 0.2) is 0 Å². The zero-order valence-electron chi connectivity index (χ0n) is 15.9. The smallest absolute Gasteiger partial charge is 0.259 e. The number of fused-ring (bicyclic) bond motifs is 1. The molecule has 2 heterocycles. The molecule has 0 radical (unpaired) electrons. The van der Waals surface area contributed by atoms with E-state index in [1.54, 1.807) is 30.3 Å². The molecule has 1 amide bonds. The maximum absolute atomic E-state index is 13.0. The van der Waals surface area contributed by atoms with Crippen LogP contribution in [0.25, 0.3) is 10.8 Å². The number of hydrogen-bond acceptors (Lipinski definition) is 5. The Morgan fingerprint density at radius 2 is 1.93 bits per heavy atom. The van der Waals surface area contributed by atoms with Crippen LogP contribution in [0.3, 0.4) is 0 Å². The first kappa shape index (κ1) is 18.3. The number of benzene rings is 2. The van der Waals surface area contributed by atoms with E-state index in [0.717, 1.165) is 22.1 Å². The van der Waals surface area contributed by atoms with Gasteiger partial charge in [-0.3, -0.25) is 4.79 Å². The summed E-state index contributed by atoms with van der Waals surface area (Å²) in [7, 11) is 3.18. The standard InChI is InChI=1S/C22H22N2O4/c1-26-18-8-7-15-12-17(6-5-16(15)13-18)20-14-24(10-11-28-20)22(25)19-4-3-9-23-21(19)27-2/h3-9,12-13,20H,10-11,14H2,1-2H3/t20-/m0/s1. The van der Waals surface area contributed by atoms with Crippen LogP contribution in [0.15, 0.2) is 54.7 Å². The molecule has 0 spiro atoms. The van der Waals surface area contributed by atoms with Gasteiger partial charge in [-0.15, -0.1) is 0 Å². The van der Waals surface area contributed by atoms with Crippen molar-refractivity contribution in [1.29, 1.82) is 0 Å². The number of pyridine rings is 1. The lowest BCUT2D eigenvalue weighted by molar-refractivity contribution is -0.0228. The molecular formula is C22H22N2O4. The second kappa shape index (κ2) is 7.86. The number of amides is 1. The first-order valence-corrected chi connectivity index (χ1v) is 9.17. The zero-order chi connectivity index (χ0) is 19.5. The van der Waals surface area contributed by atoms with Crippen molar-refractivity contribution < 1.29 is 19.0 Å². The Balaban J connectivity index is 1.56. The second-order valence-electron chi connectivity index (χ2n) is 6.64. The number of carbonyl (C=O) groups is 1. The average molecular weight is 378 g/mol. The van der Waals surface area contributed by atoms with Crippen molar-refractivity contribution in [3.63, 3.8) is 0 Å². The van der Waals surface area contributed by atoms with E-state index in [4.69, 9.17) is 14.2 Å². The maximum atomic E-state index is 13.0. The summed E-state index contributed by atoms with van der Waals surface area (Å²) in [5.74, 6) is 1.08. The molecule has 3 aromatic rings. The van der Waals surface area contributed by atoms with Crippen LogP contribution >= 0.6 is 0 Å². The molecule has 0 bridgehead atoms. The Bertz CT molecular complexity index is 1000. The van der Waals surface area contributed by atoms with Crippen molar-refractivity contribution in [2.75, 3.05) is 33.9 Å². The van der Waals surface area contributed by atoms with Crippen molar-refractivity contribution in [2.24, 2.45) is 0 Å². The van der Waals surface area contributed by atoms with E-state index in [0.29, 0.717) is 31.1 Å². The van der Waals surface area contributed by atoms with E-state index in [1.165, 1.54) is 7.11 Å². The van der Waals surface area contributed by atoms with Gasteiger partial charge in [0, 0.05) is 12.7 Å². The molecule has 1 fully saturated rings. The summed E-state index contributed by atoms with van der Waals surface area (Å²) in [5.41, 5.74) is 1.52. The summed E-state index contributed by atoms with van der Waals surface area (Å²) in [6.07, 6.45) is 1.44. The number of hydrogen-bond donors (Lipinski definition) is 0. The van der Waals surface area contributed by atoms with E-state index < -0.39 is 0 Å². The molecule has 1 aliphatic rings. The molecule has 0 N–H and O–H groups in total. The highest BCUT2D eigenvalue weighted by Crippen LogP contribution is 2.29. The van der Waals surface area contributed by atoms with Gasteiger partial charge in [-0.1, -0.05) is 18.2 Å². The molecule has 0 saturated carbocycles. The third kappa shape index (κ3) is 3.51. The molecule has 1 saturated heterocycles. The van der Waals surface area contributed by atoms with Gasteiger partial charge in [0.05, 0.1) is 27.4 Å². The van der Waals surface area contributed by atoms with Crippen molar-refractivity contribution >= 4 is 16.7 Å². The zero-order valence-corrected chi connectivity index (χ0v) is 15.9. The van der Waals surface area contributed by atoms with Gasteiger partial charge in [0.1, 0.15) is 17.4 Å². The molecule has 0 aliphatic carbocycles. The summed E-state index contributed by atoms with van der Waals surface area (Å²) in [5, 5.41) is 2.21. The minimum absolute atomic E-state index is 0.0937. The van der Waals surface area contributed by atoms with E-state index in [9.17, 15) is 4.79 Å².